The molecule has 3 aromatic rings. The first-order valence-corrected chi connectivity index (χ1v) is 14.9. The van der Waals surface area contributed by atoms with Crippen LogP contribution in [0.25, 0.3) is 10.9 Å². The van der Waals surface area contributed by atoms with Gasteiger partial charge in [0.1, 0.15) is 11.9 Å². The Morgan fingerprint density at radius 3 is 2.76 bits per heavy atom. The molecule has 2 aromatic carbocycles. The van der Waals surface area contributed by atoms with Gasteiger partial charge in [0.2, 0.25) is 0 Å². The molecule has 0 spiro atoms. The van der Waals surface area contributed by atoms with E-state index in [4.69, 9.17) is 4.74 Å². The van der Waals surface area contributed by atoms with E-state index in [-0.39, 0.29) is 18.3 Å². The van der Waals surface area contributed by atoms with Gasteiger partial charge in [0.15, 0.2) is 0 Å². The van der Waals surface area contributed by atoms with E-state index in [2.05, 4.69) is 9.88 Å². The van der Waals surface area contributed by atoms with Gasteiger partial charge in [0.05, 0.1) is 18.2 Å². The van der Waals surface area contributed by atoms with E-state index in [0.29, 0.717) is 46.7 Å². The Bertz CT molecular complexity index is 1310. The number of nitrogens with zero attached hydrogens (tertiary/aromatic N) is 2. The number of hydrogen-bond acceptors (Lipinski definition) is 5. The van der Waals surface area contributed by atoms with E-state index in [1.807, 2.05) is 12.1 Å². The van der Waals surface area contributed by atoms with Crippen molar-refractivity contribution < 1.29 is 32.2 Å². The van der Waals surface area contributed by atoms with Crippen molar-refractivity contribution in [3.63, 3.8) is 0 Å². The molecule has 2 heterocycles. The van der Waals surface area contributed by atoms with Crippen LogP contribution in [0.1, 0.15) is 55.8 Å². The summed E-state index contributed by atoms with van der Waals surface area (Å²) in [5.41, 5.74) is 0.662. The average molecular weight is 593 g/mol. The summed E-state index contributed by atoms with van der Waals surface area (Å²) in [5, 5.41) is 10.0. The first-order chi connectivity index (χ1) is 19.6. The number of rotatable bonds is 13. The van der Waals surface area contributed by atoms with E-state index in [1.165, 1.54) is 23.9 Å². The number of halogens is 4. The Kier molecular flexibility index (Phi) is 10.9. The Morgan fingerprint density at radius 1 is 1.17 bits per heavy atom. The number of fused-ring (bicyclic) bond motifs is 1. The van der Waals surface area contributed by atoms with Gasteiger partial charge in [-0.2, -0.15) is 13.2 Å². The summed E-state index contributed by atoms with van der Waals surface area (Å²) < 4.78 is 59.8. The highest BCUT2D eigenvalue weighted by molar-refractivity contribution is 7.99. The number of benzene rings is 2. The molecule has 1 fully saturated rings. The molecule has 1 N–H and O–H groups in total. The zero-order chi connectivity index (χ0) is 29.4. The number of thioether (sulfide) groups is 1. The predicted octanol–water partition coefficient (Wildman–Crippen LogP) is 8.04. The average Bonchev–Trinajstić information content (AvgIpc) is 2.96. The number of carboxylic acids is 1. The van der Waals surface area contributed by atoms with Crippen LogP contribution in [0.2, 0.25) is 0 Å². The summed E-state index contributed by atoms with van der Waals surface area (Å²) in [6.45, 7) is 2.38. The zero-order valence-electron chi connectivity index (χ0n) is 23.1. The monoisotopic (exact) mass is 592 g/mol. The second-order valence-corrected chi connectivity index (χ2v) is 11.8. The molecule has 1 saturated heterocycles. The van der Waals surface area contributed by atoms with Crippen molar-refractivity contribution in [2.45, 2.75) is 55.8 Å². The van der Waals surface area contributed by atoms with Crippen molar-refractivity contribution in [3.8, 4) is 5.75 Å². The van der Waals surface area contributed by atoms with Crippen LogP contribution in [-0.2, 0) is 11.0 Å². The normalized spacial score (nSPS) is 18.9. The number of aromatic nitrogens is 1. The van der Waals surface area contributed by atoms with Crippen molar-refractivity contribution >= 4 is 28.6 Å². The largest absolute Gasteiger partial charge is 0.497 e. The molecule has 0 amide bonds. The third-order valence-electron chi connectivity index (χ3n) is 7.86. The highest BCUT2D eigenvalue weighted by atomic mass is 32.2. The van der Waals surface area contributed by atoms with Crippen LogP contribution in [-0.4, -0.2) is 53.5 Å². The number of pyridine rings is 1. The number of hydrogen-bond donors (Lipinski definition) is 1. The third kappa shape index (κ3) is 8.82. The molecule has 0 aliphatic carbocycles. The lowest BCUT2D eigenvalue weighted by atomic mass is 9.79. The fraction of sp³-hybridized carbons (Fsp3) is 0.484. The van der Waals surface area contributed by atoms with Gasteiger partial charge in [-0.05, 0) is 111 Å². The molecule has 1 aliphatic rings. The van der Waals surface area contributed by atoms with Crippen molar-refractivity contribution in [2.24, 2.45) is 11.8 Å². The van der Waals surface area contributed by atoms with Gasteiger partial charge < -0.3 is 14.7 Å². The van der Waals surface area contributed by atoms with Crippen molar-refractivity contribution in [1.82, 2.24) is 9.88 Å². The maximum atomic E-state index is 15.6. The molecule has 0 saturated carbocycles. The molecular formula is C31H36F4N2O3S. The quantitative estimate of drug-likeness (QED) is 0.123. The van der Waals surface area contributed by atoms with Crippen LogP contribution in [0, 0.1) is 11.8 Å². The lowest BCUT2D eigenvalue weighted by Crippen LogP contribution is -2.41. The first kappa shape index (κ1) is 31.1. The van der Waals surface area contributed by atoms with Crippen molar-refractivity contribution in [2.75, 3.05) is 32.5 Å². The number of piperidine rings is 1. The van der Waals surface area contributed by atoms with Crippen LogP contribution in [0.5, 0.6) is 5.75 Å². The fourth-order valence-electron chi connectivity index (χ4n) is 5.68. The van der Waals surface area contributed by atoms with E-state index in [1.54, 1.807) is 31.5 Å². The summed E-state index contributed by atoms with van der Waals surface area (Å²) in [7, 11) is 1.57. The van der Waals surface area contributed by atoms with Crippen LogP contribution in [0.3, 0.4) is 0 Å². The molecule has 0 bridgehead atoms. The van der Waals surface area contributed by atoms with Crippen LogP contribution in [0.4, 0.5) is 17.6 Å². The lowest BCUT2D eigenvalue weighted by molar-refractivity contribution is -0.138. The second kappa shape index (κ2) is 14.4. The van der Waals surface area contributed by atoms with Crippen molar-refractivity contribution in [1.29, 1.82) is 0 Å². The maximum absolute atomic E-state index is 15.6. The van der Waals surface area contributed by atoms with E-state index in [9.17, 15) is 23.1 Å². The number of alkyl halides is 4. The predicted molar refractivity (Wildman–Crippen MR) is 153 cm³/mol. The van der Waals surface area contributed by atoms with Gasteiger partial charge in [-0.3, -0.25) is 9.78 Å². The highest BCUT2D eigenvalue weighted by Gasteiger charge is 2.31. The number of carboxylic acid groups (broad SMARTS) is 1. The Balaban J connectivity index is 1.31. The minimum absolute atomic E-state index is 0.0776. The van der Waals surface area contributed by atoms with Gasteiger partial charge >= 0.3 is 12.1 Å². The fourth-order valence-corrected chi connectivity index (χ4v) is 6.57. The topological polar surface area (TPSA) is 62.7 Å². The Morgan fingerprint density at radius 2 is 2.00 bits per heavy atom. The Labute approximate surface area is 242 Å². The number of methoxy groups -OCH3 is 1. The van der Waals surface area contributed by atoms with Crippen LogP contribution < -0.4 is 4.74 Å². The third-order valence-corrected chi connectivity index (χ3v) is 8.94. The van der Waals surface area contributed by atoms with E-state index < -0.39 is 23.9 Å². The number of ether oxygens (including phenoxy) is 1. The summed E-state index contributed by atoms with van der Waals surface area (Å²) >= 11 is 1.41. The molecule has 1 aliphatic heterocycles. The number of likely N-dealkylation sites (tertiary alicyclic amines) is 1. The van der Waals surface area contributed by atoms with Gasteiger partial charge in [0, 0.05) is 29.4 Å². The SMILES string of the molecule is COc1ccc2nccc([C@@H](F)CCC3CCN(CCCSc4cccc(C(F)(F)F)c4)CC3CCC(=O)O)c2c1. The maximum Gasteiger partial charge on any atom is 0.416 e. The molecule has 41 heavy (non-hydrogen) atoms. The lowest BCUT2D eigenvalue weighted by Gasteiger charge is -2.39. The minimum Gasteiger partial charge on any atom is -0.497 e. The molecule has 1 aromatic heterocycles. The molecule has 5 nitrogen and oxygen atoms in total. The molecular weight excluding hydrogens is 556 g/mol. The molecule has 4 rings (SSSR count). The molecule has 222 valence electrons. The summed E-state index contributed by atoms with van der Waals surface area (Å²) in [6, 6.07) is 12.5. The zero-order valence-corrected chi connectivity index (χ0v) is 23.9. The summed E-state index contributed by atoms with van der Waals surface area (Å²) in [4.78, 5) is 18.6. The first-order valence-electron chi connectivity index (χ1n) is 13.9. The standard InChI is InChI=1S/C31H36F4N2O3S/c1-40-24-8-10-29-27(19-24)26(12-14-36-29)28(32)9-6-21-13-16-37(20-22(21)7-11-30(38)39)15-3-17-41-25-5-2-4-23(18-25)31(33,34)35/h2,4-5,8,10,12,14,18-19,21-22,28H,3,6-7,9,11,13,15-17,20H2,1H3,(H,38,39)/t21?,22?,28-/m0/s1. The smallest absolute Gasteiger partial charge is 0.416 e. The van der Waals surface area contributed by atoms with Gasteiger partial charge in [-0.1, -0.05) is 6.07 Å². The second-order valence-electron chi connectivity index (χ2n) is 10.6. The van der Waals surface area contributed by atoms with Crippen LogP contribution >= 0.6 is 11.8 Å². The molecule has 2 unspecified atom stereocenters. The molecule has 0 radical (unpaired) electrons. The van der Waals surface area contributed by atoms with Gasteiger partial charge in [-0.15, -0.1) is 11.8 Å². The Hall–Kier alpha value is -2.85. The molecule has 3 atom stereocenters. The summed E-state index contributed by atoms with van der Waals surface area (Å²) in [5.74, 6) is 0.880. The number of carbonyl (C=O) groups is 1. The van der Waals surface area contributed by atoms with E-state index >= 15 is 4.39 Å². The molecule has 10 heteroatoms. The van der Waals surface area contributed by atoms with Gasteiger partial charge in [0.25, 0.3) is 0 Å². The van der Waals surface area contributed by atoms with Crippen molar-refractivity contribution in [3.05, 3.63) is 65.9 Å². The number of aliphatic carboxylic acids is 1. The van der Waals surface area contributed by atoms with Gasteiger partial charge in [-0.25, -0.2) is 4.39 Å². The summed E-state index contributed by atoms with van der Waals surface area (Å²) in [6.07, 6.45) is -0.597. The van der Waals surface area contributed by atoms with E-state index in [0.717, 1.165) is 43.9 Å². The highest BCUT2D eigenvalue weighted by Crippen LogP contribution is 2.37. The van der Waals surface area contributed by atoms with Crippen LogP contribution in [0.15, 0.2) is 59.6 Å². The minimum atomic E-state index is -4.35.